The number of β-amino-alcohol motifs (C(OH)–C–C–N with tert-alkyl or cyclic N) is 1. The lowest BCUT2D eigenvalue weighted by molar-refractivity contribution is 0.177. The van der Waals surface area contributed by atoms with Crippen LogP contribution in [0.5, 0.6) is 11.5 Å². The van der Waals surface area contributed by atoms with Gasteiger partial charge < -0.3 is 20.2 Å². The van der Waals surface area contributed by atoms with Gasteiger partial charge in [-0.3, -0.25) is 0 Å². The number of phenols is 2. The second-order valence-corrected chi connectivity index (χ2v) is 6.46. The van der Waals surface area contributed by atoms with Crippen molar-refractivity contribution >= 4 is 0 Å². The third-order valence-corrected chi connectivity index (χ3v) is 4.85. The van der Waals surface area contributed by atoms with Crippen molar-refractivity contribution in [3.8, 4) is 22.6 Å². The van der Waals surface area contributed by atoms with Crippen molar-refractivity contribution in [1.82, 2.24) is 4.90 Å². The maximum atomic E-state index is 10.5. The molecule has 0 amide bonds. The highest BCUT2D eigenvalue weighted by Gasteiger charge is 2.22. The van der Waals surface area contributed by atoms with Crippen LogP contribution in [0.2, 0.25) is 0 Å². The number of hydrogen-bond donors (Lipinski definition) is 3. The Hall–Kier alpha value is -2.04. The summed E-state index contributed by atoms with van der Waals surface area (Å²) in [5, 5.41) is 30.4. The average molecular weight is 327 g/mol. The summed E-state index contributed by atoms with van der Waals surface area (Å²) in [6, 6.07) is 11.3. The van der Waals surface area contributed by atoms with Gasteiger partial charge in [0.1, 0.15) is 11.5 Å². The Morgan fingerprint density at radius 2 is 1.83 bits per heavy atom. The molecule has 1 atom stereocenters. The van der Waals surface area contributed by atoms with Crippen molar-refractivity contribution in [3.63, 3.8) is 0 Å². The van der Waals surface area contributed by atoms with Crippen molar-refractivity contribution in [2.45, 2.75) is 32.3 Å². The molecule has 1 aliphatic rings. The van der Waals surface area contributed by atoms with Crippen LogP contribution < -0.4 is 0 Å². The SMILES string of the molecule is CCc1c(O)cc(O)c(-c2ccccc2)c1CCN1CCC(O)C1. The molecule has 1 heterocycles. The fourth-order valence-electron chi connectivity index (χ4n) is 3.63. The van der Waals surface area contributed by atoms with Crippen LogP contribution in [0.25, 0.3) is 11.1 Å². The molecule has 128 valence electrons. The van der Waals surface area contributed by atoms with Gasteiger partial charge in [0.2, 0.25) is 0 Å². The van der Waals surface area contributed by atoms with Gasteiger partial charge in [-0.05, 0) is 36.0 Å². The Morgan fingerprint density at radius 1 is 1.08 bits per heavy atom. The van der Waals surface area contributed by atoms with Gasteiger partial charge >= 0.3 is 0 Å². The highest BCUT2D eigenvalue weighted by molar-refractivity contribution is 5.76. The van der Waals surface area contributed by atoms with Crippen molar-refractivity contribution in [1.29, 1.82) is 0 Å². The largest absolute Gasteiger partial charge is 0.508 e. The van der Waals surface area contributed by atoms with Crippen LogP contribution in [0, 0.1) is 0 Å². The molecular formula is C20H25NO3. The van der Waals surface area contributed by atoms with E-state index < -0.39 is 0 Å². The summed E-state index contributed by atoms with van der Waals surface area (Å²) < 4.78 is 0. The predicted octanol–water partition coefficient (Wildman–Crippen LogP) is 2.94. The quantitative estimate of drug-likeness (QED) is 0.790. The second-order valence-electron chi connectivity index (χ2n) is 6.46. The van der Waals surface area contributed by atoms with Crippen LogP contribution in [0.1, 0.15) is 24.5 Å². The van der Waals surface area contributed by atoms with E-state index in [0.717, 1.165) is 48.2 Å². The Morgan fingerprint density at radius 3 is 2.46 bits per heavy atom. The first-order valence-electron chi connectivity index (χ1n) is 8.62. The zero-order valence-electron chi connectivity index (χ0n) is 14.1. The standard InChI is InChI=1S/C20H25NO3/c1-2-16-17(9-11-21-10-8-15(22)13-21)20(19(24)12-18(16)23)14-6-4-3-5-7-14/h3-7,12,15,22-24H,2,8-11,13H2,1H3. The van der Waals surface area contributed by atoms with E-state index in [4.69, 9.17) is 0 Å². The van der Waals surface area contributed by atoms with Crippen LogP contribution in [0.3, 0.4) is 0 Å². The van der Waals surface area contributed by atoms with E-state index in [9.17, 15) is 15.3 Å². The first-order chi connectivity index (χ1) is 11.6. The minimum Gasteiger partial charge on any atom is -0.508 e. The normalized spacial score (nSPS) is 18.2. The smallest absolute Gasteiger partial charge is 0.127 e. The Kier molecular flexibility index (Phi) is 5.07. The van der Waals surface area contributed by atoms with Gasteiger partial charge in [-0.1, -0.05) is 37.3 Å². The van der Waals surface area contributed by atoms with Gasteiger partial charge in [0.25, 0.3) is 0 Å². The van der Waals surface area contributed by atoms with E-state index >= 15 is 0 Å². The molecule has 1 saturated heterocycles. The molecule has 4 nitrogen and oxygen atoms in total. The number of nitrogens with zero attached hydrogens (tertiary/aromatic N) is 1. The van der Waals surface area contributed by atoms with Gasteiger partial charge in [-0.15, -0.1) is 0 Å². The van der Waals surface area contributed by atoms with E-state index in [0.29, 0.717) is 13.0 Å². The topological polar surface area (TPSA) is 63.9 Å². The molecule has 0 spiro atoms. The number of benzene rings is 2. The number of likely N-dealkylation sites (tertiary alicyclic amines) is 1. The fourth-order valence-corrected chi connectivity index (χ4v) is 3.63. The highest BCUT2D eigenvalue weighted by Crippen LogP contribution is 2.40. The molecule has 3 N–H and O–H groups in total. The monoisotopic (exact) mass is 327 g/mol. The van der Waals surface area contributed by atoms with E-state index in [1.807, 2.05) is 37.3 Å². The molecule has 24 heavy (non-hydrogen) atoms. The summed E-state index contributed by atoms with van der Waals surface area (Å²) in [6.07, 6.45) is 2.03. The number of rotatable bonds is 5. The van der Waals surface area contributed by atoms with Crippen molar-refractivity contribution < 1.29 is 15.3 Å². The molecule has 0 aliphatic carbocycles. The zero-order chi connectivity index (χ0) is 17.1. The van der Waals surface area contributed by atoms with Crippen LogP contribution in [-0.4, -0.2) is 46.0 Å². The summed E-state index contributed by atoms with van der Waals surface area (Å²) in [6.45, 7) is 4.43. The zero-order valence-corrected chi connectivity index (χ0v) is 14.1. The lowest BCUT2D eigenvalue weighted by Crippen LogP contribution is -2.25. The molecule has 1 unspecified atom stereocenters. The highest BCUT2D eigenvalue weighted by atomic mass is 16.3. The minimum atomic E-state index is -0.234. The van der Waals surface area contributed by atoms with Gasteiger partial charge in [0.15, 0.2) is 0 Å². The molecule has 0 saturated carbocycles. The molecular weight excluding hydrogens is 302 g/mol. The van der Waals surface area contributed by atoms with Crippen LogP contribution >= 0.6 is 0 Å². The molecule has 4 heteroatoms. The average Bonchev–Trinajstić information content (AvgIpc) is 2.99. The summed E-state index contributed by atoms with van der Waals surface area (Å²) in [5.74, 6) is 0.276. The maximum absolute atomic E-state index is 10.5. The van der Waals surface area contributed by atoms with Gasteiger partial charge in [-0.2, -0.15) is 0 Å². The minimum absolute atomic E-state index is 0.118. The summed E-state index contributed by atoms with van der Waals surface area (Å²) in [7, 11) is 0. The number of aromatic hydroxyl groups is 2. The second kappa shape index (κ2) is 7.24. The number of phenolic OH excluding ortho intramolecular Hbond substituents is 2. The number of aliphatic hydroxyl groups excluding tert-OH is 1. The molecule has 0 aromatic heterocycles. The lowest BCUT2D eigenvalue weighted by atomic mass is 9.90. The summed E-state index contributed by atoms with van der Waals surface area (Å²) in [4.78, 5) is 2.24. The Balaban J connectivity index is 1.98. The molecule has 2 aromatic rings. The van der Waals surface area contributed by atoms with Crippen LogP contribution in [-0.2, 0) is 12.8 Å². The molecule has 2 aromatic carbocycles. The third kappa shape index (κ3) is 3.40. The number of aliphatic hydroxyl groups is 1. The van der Waals surface area contributed by atoms with Crippen LogP contribution in [0.15, 0.2) is 36.4 Å². The van der Waals surface area contributed by atoms with Gasteiger partial charge in [0.05, 0.1) is 6.10 Å². The molecule has 1 fully saturated rings. The molecule has 3 rings (SSSR count). The van der Waals surface area contributed by atoms with Crippen molar-refractivity contribution in [3.05, 3.63) is 47.5 Å². The van der Waals surface area contributed by atoms with Crippen LogP contribution in [0.4, 0.5) is 0 Å². The van der Waals surface area contributed by atoms with E-state index in [-0.39, 0.29) is 17.6 Å². The first kappa shape index (κ1) is 16.8. The third-order valence-electron chi connectivity index (χ3n) is 4.85. The molecule has 0 bridgehead atoms. The van der Waals surface area contributed by atoms with E-state index in [1.165, 1.54) is 6.07 Å². The Labute approximate surface area is 143 Å². The predicted molar refractivity (Wildman–Crippen MR) is 95.4 cm³/mol. The lowest BCUT2D eigenvalue weighted by Gasteiger charge is -2.20. The Bertz CT molecular complexity index is 700. The first-order valence-corrected chi connectivity index (χ1v) is 8.62. The molecule has 0 radical (unpaired) electrons. The molecule has 1 aliphatic heterocycles. The van der Waals surface area contributed by atoms with E-state index in [2.05, 4.69) is 4.90 Å². The fraction of sp³-hybridized carbons (Fsp3) is 0.400. The van der Waals surface area contributed by atoms with Gasteiger partial charge in [0, 0.05) is 31.3 Å². The van der Waals surface area contributed by atoms with Crippen molar-refractivity contribution in [2.75, 3.05) is 19.6 Å². The van der Waals surface area contributed by atoms with Gasteiger partial charge in [-0.25, -0.2) is 0 Å². The van der Waals surface area contributed by atoms with Crippen molar-refractivity contribution in [2.24, 2.45) is 0 Å². The summed E-state index contributed by atoms with van der Waals surface area (Å²) >= 11 is 0. The summed E-state index contributed by atoms with van der Waals surface area (Å²) in [5.41, 5.74) is 3.67. The maximum Gasteiger partial charge on any atom is 0.127 e. The van der Waals surface area contributed by atoms with E-state index in [1.54, 1.807) is 0 Å². The number of hydrogen-bond acceptors (Lipinski definition) is 4.